The van der Waals surface area contributed by atoms with Crippen molar-refractivity contribution < 1.29 is 17.6 Å². The molecule has 0 radical (unpaired) electrons. The summed E-state index contributed by atoms with van der Waals surface area (Å²) in [6, 6.07) is 2.62. The third-order valence-corrected chi connectivity index (χ3v) is 4.16. The van der Waals surface area contributed by atoms with Gasteiger partial charge in [-0.2, -0.15) is 13.2 Å². The Hall–Kier alpha value is -1.14. The third kappa shape index (κ3) is 3.74. The van der Waals surface area contributed by atoms with E-state index < -0.39 is 17.6 Å². The molecule has 1 unspecified atom stereocenters. The van der Waals surface area contributed by atoms with Crippen molar-refractivity contribution in [2.45, 2.75) is 39.0 Å². The fourth-order valence-electron chi connectivity index (χ4n) is 2.73. The molecule has 118 valence electrons. The van der Waals surface area contributed by atoms with Crippen LogP contribution in [0.4, 0.5) is 17.6 Å². The van der Waals surface area contributed by atoms with E-state index >= 15 is 0 Å². The summed E-state index contributed by atoms with van der Waals surface area (Å²) in [6.07, 6.45) is -3.69. The highest BCUT2D eigenvalue weighted by molar-refractivity contribution is 5.27. The molecule has 1 heterocycles. The predicted octanol–water partition coefficient (Wildman–Crippen LogP) is 3.40. The fraction of sp³-hybridized carbons (Fsp3) is 0.600. The van der Waals surface area contributed by atoms with Crippen molar-refractivity contribution >= 4 is 0 Å². The molecular formula is C15H20F4N2. The Kier molecular flexibility index (Phi) is 4.31. The second-order valence-electron chi connectivity index (χ2n) is 6.40. The van der Waals surface area contributed by atoms with E-state index in [-0.39, 0.29) is 23.6 Å². The Balaban J connectivity index is 2.16. The molecule has 0 spiro atoms. The van der Waals surface area contributed by atoms with Crippen molar-refractivity contribution in [3.8, 4) is 0 Å². The van der Waals surface area contributed by atoms with Gasteiger partial charge in [-0.15, -0.1) is 0 Å². The number of likely N-dealkylation sites (tertiary alicyclic amines) is 1. The van der Waals surface area contributed by atoms with Crippen molar-refractivity contribution in [2.24, 2.45) is 11.1 Å². The molecule has 2 nitrogen and oxygen atoms in total. The molecule has 0 saturated carbocycles. The Morgan fingerprint density at radius 2 is 2.00 bits per heavy atom. The summed E-state index contributed by atoms with van der Waals surface area (Å²) in [5, 5.41) is 0. The molecule has 2 rings (SSSR count). The number of benzene rings is 1. The van der Waals surface area contributed by atoms with Crippen LogP contribution >= 0.6 is 0 Å². The third-order valence-electron chi connectivity index (χ3n) is 4.16. The summed E-state index contributed by atoms with van der Waals surface area (Å²) in [5.41, 5.74) is 5.17. The number of piperidine rings is 1. The lowest BCUT2D eigenvalue weighted by molar-refractivity contribution is -0.137. The Bertz CT molecular complexity index is 511. The van der Waals surface area contributed by atoms with E-state index in [4.69, 9.17) is 5.73 Å². The van der Waals surface area contributed by atoms with Crippen LogP contribution in [0.3, 0.4) is 0 Å². The van der Waals surface area contributed by atoms with Crippen molar-refractivity contribution in [3.05, 3.63) is 35.1 Å². The summed E-state index contributed by atoms with van der Waals surface area (Å²) in [7, 11) is 0. The highest BCUT2D eigenvalue weighted by atomic mass is 19.4. The number of halogens is 4. The van der Waals surface area contributed by atoms with Crippen LogP contribution in [0.1, 0.15) is 31.4 Å². The van der Waals surface area contributed by atoms with Crippen LogP contribution in [0.15, 0.2) is 18.2 Å². The van der Waals surface area contributed by atoms with E-state index in [1.54, 1.807) is 0 Å². The Morgan fingerprint density at radius 1 is 1.33 bits per heavy atom. The predicted molar refractivity (Wildman–Crippen MR) is 73.1 cm³/mol. The van der Waals surface area contributed by atoms with Crippen LogP contribution < -0.4 is 5.73 Å². The molecule has 1 aliphatic heterocycles. The van der Waals surface area contributed by atoms with Gasteiger partial charge >= 0.3 is 6.18 Å². The normalized spacial score (nSPS) is 23.3. The molecular weight excluding hydrogens is 284 g/mol. The van der Waals surface area contributed by atoms with Crippen LogP contribution in [0.2, 0.25) is 0 Å². The molecule has 1 aromatic carbocycles. The van der Waals surface area contributed by atoms with Gasteiger partial charge in [0.1, 0.15) is 5.82 Å². The van der Waals surface area contributed by atoms with E-state index in [9.17, 15) is 17.6 Å². The number of hydrogen-bond acceptors (Lipinski definition) is 2. The first kappa shape index (κ1) is 16.2. The van der Waals surface area contributed by atoms with Gasteiger partial charge in [0.25, 0.3) is 0 Å². The lowest BCUT2D eigenvalue weighted by Gasteiger charge is -2.42. The van der Waals surface area contributed by atoms with E-state index in [1.165, 1.54) is 0 Å². The topological polar surface area (TPSA) is 29.3 Å². The molecule has 1 fully saturated rings. The molecule has 6 heteroatoms. The highest BCUT2D eigenvalue weighted by Gasteiger charge is 2.34. The Morgan fingerprint density at radius 3 is 2.57 bits per heavy atom. The van der Waals surface area contributed by atoms with Gasteiger partial charge in [0.15, 0.2) is 0 Å². The number of rotatable bonds is 2. The van der Waals surface area contributed by atoms with Crippen molar-refractivity contribution in [1.29, 1.82) is 0 Å². The molecule has 0 aromatic heterocycles. The molecule has 1 aliphatic rings. The number of nitrogens with two attached hydrogens (primary N) is 1. The van der Waals surface area contributed by atoms with E-state index in [0.29, 0.717) is 13.1 Å². The van der Waals surface area contributed by atoms with Crippen LogP contribution in [0, 0.1) is 11.2 Å². The molecule has 21 heavy (non-hydrogen) atoms. The van der Waals surface area contributed by atoms with Gasteiger partial charge in [-0.25, -0.2) is 4.39 Å². The number of nitrogens with zero attached hydrogens (tertiary/aromatic N) is 1. The zero-order chi connectivity index (χ0) is 15.8. The van der Waals surface area contributed by atoms with Crippen molar-refractivity contribution in [1.82, 2.24) is 4.90 Å². The first-order chi connectivity index (χ1) is 9.59. The maximum absolute atomic E-state index is 13.8. The standard InChI is InChI=1S/C15H20F4N2/c1-14(2)9-21(6-5-13(14)20)8-10-7-11(15(17,18)19)3-4-12(10)16/h3-4,7,13H,5-6,8-9,20H2,1-2H3. The SMILES string of the molecule is CC1(C)CN(Cc2cc(C(F)(F)F)ccc2F)CCC1N. The first-order valence-electron chi connectivity index (χ1n) is 6.93. The summed E-state index contributed by atoms with van der Waals surface area (Å²) in [4.78, 5) is 1.96. The van der Waals surface area contributed by atoms with E-state index in [0.717, 1.165) is 24.6 Å². The van der Waals surface area contributed by atoms with Crippen LogP contribution in [-0.2, 0) is 12.7 Å². The molecule has 0 aliphatic carbocycles. The zero-order valence-electron chi connectivity index (χ0n) is 12.2. The second-order valence-corrected chi connectivity index (χ2v) is 6.40. The Labute approximate surface area is 121 Å². The maximum atomic E-state index is 13.8. The van der Waals surface area contributed by atoms with Gasteiger partial charge in [-0.1, -0.05) is 13.8 Å². The summed E-state index contributed by atoms with van der Waals surface area (Å²) < 4.78 is 51.9. The minimum Gasteiger partial charge on any atom is -0.327 e. The monoisotopic (exact) mass is 304 g/mol. The van der Waals surface area contributed by atoms with Gasteiger partial charge in [0.05, 0.1) is 5.56 Å². The van der Waals surface area contributed by atoms with Gasteiger partial charge in [0.2, 0.25) is 0 Å². The van der Waals surface area contributed by atoms with Gasteiger partial charge in [-0.3, -0.25) is 4.90 Å². The lowest BCUT2D eigenvalue weighted by Crippen LogP contribution is -2.52. The van der Waals surface area contributed by atoms with Gasteiger partial charge < -0.3 is 5.73 Å². The molecule has 0 amide bonds. The maximum Gasteiger partial charge on any atom is 0.416 e. The van der Waals surface area contributed by atoms with Gasteiger partial charge in [0, 0.05) is 31.2 Å². The quantitative estimate of drug-likeness (QED) is 0.849. The molecule has 1 saturated heterocycles. The molecule has 1 atom stereocenters. The van der Waals surface area contributed by atoms with Crippen molar-refractivity contribution in [2.75, 3.05) is 13.1 Å². The number of hydrogen-bond donors (Lipinski definition) is 1. The number of alkyl halides is 3. The van der Waals surface area contributed by atoms with Crippen molar-refractivity contribution in [3.63, 3.8) is 0 Å². The summed E-state index contributed by atoms with van der Waals surface area (Å²) in [5.74, 6) is -0.601. The van der Waals surface area contributed by atoms with Crippen LogP contribution in [-0.4, -0.2) is 24.0 Å². The van der Waals surface area contributed by atoms with E-state index in [2.05, 4.69) is 0 Å². The van der Waals surface area contributed by atoms with Crippen LogP contribution in [0.5, 0.6) is 0 Å². The van der Waals surface area contributed by atoms with Crippen LogP contribution in [0.25, 0.3) is 0 Å². The minimum absolute atomic E-state index is 0.0557. The molecule has 1 aromatic rings. The first-order valence-corrected chi connectivity index (χ1v) is 6.93. The van der Waals surface area contributed by atoms with Gasteiger partial charge in [-0.05, 0) is 30.0 Å². The molecule has 2 N–H and O–H groups in total. The largest absolute Gasteiger partial charge is 0.416 e. The summed E-state index contributed by atoms with van der Waals surface area (Å²) in [6.45, 7) is 5.52. The molecule has 0 bridgehead atoms. The summed E-state index contributed by atoms with van der Waals surface area (Å²) >= 11 is 0. The smallest absolute Gasteiger partial charge is 0.327 e. The van der Waals surface area contributed by atoms with E-state index in [1.807, 2.05) is 18.7 Å². The lowest BCUT2D eigenvalue weighted by atomic mass is 9.79. The highest BCUT2D eigenvalue weighted by Crippen LogP contribution is 2.32. The fourth-order valence-corrected chi connectivity index (χ4v) is 2.73. The average molecular weight is 304 g/mol. The second kappa shape index (κ2) is 5.57. The zero-order valence-corrected chi connectivity index (χ0v) is 12.2. The average Bonchev–Trinajstić information content (AvgIpc) is 2.35. The minimum atomic E-state index is -4.45.